The van der Waals surface area contributed by atoms with E-state index in [1.807, 2.05) is 32.0 Å². The van der Waals surface area contributed by atoms with Crippen LogP contribution < -0.4 is 14.2 Å². The summed E-state index contributed by atoms with van der Waals surface area (Å²) in [5.74, 6) is 2.27. The molecule has 4 heteroatoms. The summed E-state index contributed by atoms with van der Waals surface area (Å²) in [6.45, 7) is 6.77. The Morgan fingerprint density at radius 2 is 1.80 bits per heavy atom. The lowest BCUT2D eigenvalue weighted by Crippen LogP contribution is -2.03. The van der Waals surface area contributed by atoms with E-state index in [1.165, 1.54) is 0 Å². The number of aryl methyl sites for hydroxylation is 1. The van der Waals surface area contributed by atoms with Crippen LogP contribution in [0.4, 0.5) is 0 Å². The molecular formula is C21H26O4. The maximum atomic E-state index is 11.3. The molecule has 0 heterocycles. The third-order valence-electron chi connectivity index (χ3n) is 4.17. The van der Waals surface area contributed by atoms with E-state index in [2.05, 4.69) is 6.92 Å². The molecule has 25 heavy (non-hydrogen) atoms. The topological polar surface area (TPSA) is 44.8 Å². The normalized spacial score (nSPS) is 10.4. The van der Waals surface area contributed by atoms with Crippen LogP contribution >= 0.6 is 0 Å². The summed E-state index contributed by atoms with van der Waals surface area (Å²) in [6, 6.07) is 9.24. The molecule has 2 aromatic carbocycles. The van der Waals surface area contributed by atoms with Gasteiger partial charge < -0.3 is 14.2 Å². The highest BCUT2D eigenvalue weighted by Crippen LogP contribution is 2.41. The number of ether oxygens (including phenoxy) is 3. The van der Waals surface area contributed by atoms with Crippen molar-refractivity contribution in [3.05, 3.63) is 47.0 Å². The van der Waals surface area contributed by atoms with Gasteiger partial charge >= 0.3 is 0 Å². The Morgan fingerprint density at radius 1 is 1.04 bits per heavy atom. The first-order chi connectivity index (χ1) is 12.1. The van der Waals surface area contributed by atoms with Gasteiger partial charge in [0.05, 0.1) is 13.7 Å². The number of hydrogen-bond donors (Lipinski definition) is 0. The van der Waals surface area contributed by atoms with Gasteiger partial charge in [-0.1, -0.05) is 31.9 Å². The second kappa shape index (κ2) is 9.11. The molecule has 134 valence electrons. The molecule has 0 amide bonds. The summed E-state index contributed by atoms with van der Waals surface area (Å²) >= 11 is 0. The monoisotopic (exact) mass is 342 g/mol. The Balaban J connectivity index is 2.38. The molecule has 2 rings (SSSR count). The minimum Gasteiger partial charge on any atom is -0.493 e. The average Bonchev–Trinajstić information content (AvgIpc) is 2.63. The molecule has 0 saturated heterocycles. The lowest BCUT2D eigenvalue weighted by Gasteiger charge is -2.17. The van der Waals surface area contributed by atoms with Crippen molar-refractivity contribution in [1.82, 2.24) is 0 Å². The first-order valence-corrected chi connectivity index (χ1v) is 8.64. The molecule has 0 aromatic heterocycles. The van der Waals surface area contributed by atoms with Gasteiger partial charge in [0.25, 0.3) is 0 Å². The first-order valence-electron chi connectivity index (χ1n) is 8.64. The van der Waals surface area contributed by atoms with Gasteiger partial charge in [0.15, 0.2) is 11.5 Å². The summed E-state index contributed by atoms with van der Waals surface area (Å²) in [6.07, 6.45) is 3.95. The van der Waals surface area contributed by atoms with Crippen molar-refractivity contribution in [2.45, 2.75) is 40.0 Å². The largest absolute Gasteiger partial charge is 0.493 e. The smallest absolute Gasteiger partial charge is 0.204 e. The molecule has 0 bridgehead atoms. The highest BCUT2D eigenvalue weighted by molar-refractivity contribution is 5.78. The van der Waals surface area contributed by atoms with Crippen molar-refractivity contribution in [1.29, 1.82) is 0 Å². The standard InChI is InChI=1S/C21H26O4/c1-5-6-7-11-24-21-19(23-4)12-17(14-22)13-20(21)25-18-10-8-9-15(2)16(18)3/h8-10,12-14H,5-7,11H2,1-4H3. The van der Waals surface area contributed by atoms with E-state index in [1.54, 1.807) is 19.2 Å². The maximum Gasteiger partial charge on any atom is 0.204 e. The van der Waals surface area contributed by atoms with Crippen LogP contribution in [-0.2, 0) is 0 Å². The molecule has 0 radical (unpaired) electrons. The second-order valence-corrected chi connectivity index (χ2v) is 6.02. The summed E-state index contributed by atoms with van der Waals surface area (Å²) in [7, 11) is 1.56. The van der Waals surface area contributed by atoms with Crippen LogP contribution in [0.3, 0.4) is 0 Å². The molecule has 2 aromatic rings. The number of benzene rings is 2. The number of carbonyl (C=O) groups is 1. The molecular weight excluding hydrogens is 316 g/mol. The van der Waals surface area contributed by atoms with Crippen molar-refractivity contribution in [2.24, 2.45) is 0 Å². The SMILES string of the molecule is CCCCCOc1c(OC)cc(C=O)cc1Oc1cccc(C)c1C. The maximum absolute atomic E-state index is 11.3. The Hall–Kier alpha value is -2.49. The second-order valence-electron chi connectivity index (χ2n) is 6.02. The molecule has 0 aliphatic heterocycles. The number of rotatable bonds is 9. The van der Waals surface area contributed by atoms with Crippen molar-refractivity contribution in [3.8, 4) is 23.0 Å². The number of hydrogen-bond acceptors (Lipinski definition) is 4. The Kier molecular flexibility index (Phi) is 6.87. The van der Waals surface area contributed by atoms with Gasteiger partial charge in [-0.2, -0.15) is 0 Å². The molecule has 0 N–H and O–H groups in total. The quantitative estimate of drug-likeness (QED) is 0.447. The highest BCUT2D eigenvalue weighted by atomic mass is 16.5. The molecule has 0 aliphatic rings. The molecule has 0 fully saturated rings. The summed E-state index contributed by atoms with van der Waals surface area (Å²) < 4.78 is 17.4. The summed E-state index contributed by atoms with van der Waals surface area (Å²) in [5.41, 5.74) is 2.68. The first kappa shape index (κ1) is 18.8. The minimum absolute atomic E-state index is 0.484. The van der Waals surface area contributed by atoms with E-state index in [0.29, 0.717) is 29.4 Å². The van der Waals surface area contributed by atoms with Gasteiger partial charge in [-0.15, -0.1) is 0 Å². The third kappa shape index (κ3) is 4.75. The van der Waals surface area contributed by atoms with Gasteiger partial charge in [0.1, 0.15) is 12.0 Å². The van der Waals surface area contributed by atoms with Gasteiger partial charge in [-0.25, -0.2) is 0 Å². The van der Waals surface area contributed by atoms with E-state index in [0.717, 1.165) is 42.4 Å². The van der Waals surface area contributed by atoms with Crippen LogP contribution in [-0.4, -0.2) is 20.0 Å². The molecule has 0 atom stereocenters. The summed E-state index contributed by atoms with van der Waals surface area (Å²) in [5, 5.41) is 0. The summed E-state index contributed by atoms with van der Waals surface area (Å²) in [4.78, 5) is 11.3. The zero-order chi connectivity index (χ0) is 18.2. The fourth-order valence-corrected chi connectivity index (χ4v) is 2.51. The van der Waals surface area contributed by atoms with Crippen molar-refractivity contribution in [2.75, 3.05) is 13.7 Å². The van der Waals surface area contributed by atoms with Crippen LogP contribution in [0.5, 0.6) is 23.0 Å². The van der Waals surface area contributed by atoms with Crippen LogP contribution in [0, 0.1) is 13.8 Å². The lowest BCUT2D eigenvalue weighted by molar-refractivity contribution is 0.112. The number of aldehydes is 1. The minimum atomic E-state index is 0.484. The van der Waals surface area contributed by atoms with Gasteiger partial charge in [-0.3, -0.25) is 4.79 Å². The van der Waals surface area contributed by atoms with E-state index < -0.39 is 0 Å². The van der Waals surface area contributed by atoms with E-state index in [-0.39, 0.29) is 0 Å². The zero-order valence-corrected chi connectivity index (χ0v) is 15.4. The number of carbonyl (C=O) groups excluding carboxylic acids is 1. The third-order valence-corrected chi connectivity index (χ3v) is 4.17. The molecule has 0 unspecified atom stereocenters. The van der Waals surface area contributed by atoms with Crippen molar-refractivity contribution < 1.29 is 19.0 Å². The Morgan fingerprint density at radius 3 is 2.48 bits per heavy atom. The Labute approximate surface area is 149 Å². The predicted molar refractivity (Wildman–Crippen MR) is 99.4 cm³/mol. The number of unbranched alkanes of at least 4 members (excludes halogenated alkanes) is 2. The fraction of sp³-hybridized carbons (Fsp3) is 0.381. The average molecular weight is 342 g/mol. The van der Waals surface area contributed by atoms with Crippen LogP contribution in [0.2, 0.25) is 0 Å². The molecule has 4 nitrogen and oxygen atoms in total. The van der Waals surface area contributed by atoms with Gasteiger partial charge in [-0.05, 0) is 49.6 Å². The van der Waals surface area contributed by atoms with E-state index >= 15 is 0 Å². The van der Waals surface area contributed by atoms with Crippen LogP contribution in [0.1, 0.15) is 47.7 Å². The van der Waals surface area contributed by atoms with Crippen molar-refractivity contribution >= 4 is 6.29 Å². The number of methoxy groups -OCH3 is 1. The molecule has 0 spiro atoms. The highest BCUT2D eigenvalue weighted by Gasteiger charge is 2.16. The van der Waals surface area contributed by atoms with Crippen LogP contribution in [0.25, 0.3) is 0 Å². The van der Waals surface area contributed by atoms with E-state index in [4.69, 9.17) is 14.2 Å². The predicted octanol–water partition coefficient (Wildman–Crippen LogP) is 5.49. The van der Waals surface area contributed by atoms with Gasteiger partial charge in [0.2, 0.25) is 5.75 Å². The van der Waals surface area contributed by atoms with Crippen LogP contribution in [0.15, 0.2) is 30.3 Å². The lowest BCUT2D eigenvalue weighted by atomic mass is 10.1. The van der Waals surface area contributed by atoms with E-state index in [9.17, 15) is 4.79 Å². The Bertz CT molecular complexity index is 722. The van der Waals surface area contributed by atoms with Crippen molar-refractivity contribution in [3.63, 3.8) is 0 Å². The molecule has 0 aliphatic carbocycles. The molecule has 0 saturated carbocycles. The fourth-order valence-electron chi connectivity index (χ4n) is 2.51. The zero-order valence-electron chi connectivity index (χ0n) is 15.4. The van der Waals surface area contributed by atoms with Gasteiger partial charge in [0, 0.05) is 5.56 Å².